The Bertz CT molecular complexity index is 347. The molecule has 26 heavy (non-hydrogen) atoms. The molecule has 1 rings (SSSR count). The summed E-state index contributed by atoms with van der Waals surface area (Å²) in [6.45, 7) is 2.56. The average Bonchev–Trinajstić information content (AvgIpc) is 3.02. The minimum atomic E-state index is -1.05. The van der Waals surface area contributed by atoms with Crippen molar-refractivity contribution in [1.82, 2.24) is 0 Å². The second kappa shape index (κ2) is 15.6. The molecule has 1 saturated heterocycles. The lowest BCUT2D eigenvalue weighted by atomic mass is 10.1. The van der Waals surface area contributed by atoms with E-state index < -0.39 is 31.0 Å². The van der Waals surface area contributed by atoms with Crippen molar-refractivity contribution in [1.29, 1.82) is 0 Å². The van der Waals surface area contributed by atoms with Crippen molar-refractivity contribution in [3.05, 3.63) is 12.2 Å². The number of rotatable bonds is 16. The Morgan fingerprint density at radius 3 is 2.15 bits per heavy atom. The van der Waals surface area contributed by atoms with Crippen molar-refractivity contribution in [2.75, 3.05) is 19.8 Å². The highest BCUT2D eigenvalue weighted by atomic mass is 16.6. The van der Waals surface area contributed by atoms with Gasteiger partial charge in [-0.05, 0) is 26.2 Å². The average molecular weight is 373 g/mol. The molecule has 3 N–H and O–H groups in total. The van der Waals surface area contributed by atoms with E-state index in [-0.39, 0.29) is 6.61 Å². The third kappa shape index (κ3) is 10.0. The third-order valence-corrected chi connectivity index (χ3v) is 5.07. The van der Waals surface area contributed by atoms with Gasteiger partial charge in [-0.25, -0.2) is 0 Å². The van der Waals surface area contributed by atoms with Gasteiger partial charge in [-0.1, -0.05) is 63.5 Å². The molecular weight excluding hydrogens is 332 g/mol. The van der Waals surface area contributed by atoms with Gasteiger partial charge in [0.25, 0.3) is 0 Å². The molecule has 1 heterocycles. The SMILES string of the molecule is C/C=C/CCCCCCCCCCCCO[C@@H]1CO[C@@H]([C@@H](O)CO)[C@H]1O. The molecule has 154 valence electrons. The van der Waals surface area contributed by atoms with Crippen LogP contribution in [0.1, 0.15) is 77.6 Å². The van der Waals surface area contributed by atoms with Gasteiger partial charge in [-0.2, -0.15) is 0 Å². The van der Waals surface area contributed by atoms with Crippen LogP contribution in [0.3, 0.4) is 0 Å². The molecule has 0 aromatic rings. The molecule has 0 aromatic carbocycles. The zero-order chi connectivity index (χ0) is 19.0. The Morgan fingerprint density at radius 1 is 1.00 bits per heavy atom. The Labute approximate surface area is 159 Å². The predicted octanol–water partition coefficient (Wildman–Crippen LogP) is 3.35. The van der Waals surface area contributed by atoms with E-state index >= 15 is 0 Å². The zero-order valence-electron chi connectivity index (χ0n) is 16.5. The van der Waals surface area contributed by atoms with Crippen LogP contribution >= 0.6 is 0 Å². The normalized spacial score (nSPS) is 24.5. The first-order chi connectivity index (χ1) is 12.7. The molecule has 1 aliphatic heterocycles. The highest BCUT2D eigenvalue weighted by molar-refractivity contribution is 4.88. The summed E-state index contributed by atoms with van der Waals surface area (Å²) in [4.78, 5) is 0. The molecule has 0 amide bonds. The summed E-state index contributed by atoms with van der Waals surface area (Å²) < 4.78 is 11.0. The van der Waals surface area contributed by atoms with Crippen molar-refractivity contribution < 1.29 is 24.8 Å². The molecule has 0 spiro atoms. The second-order valence-electron chi connectivity index (χ2n) is 7.34. The molecule has 0 bridgehead atoms. The van der Waals surface area contributed by atoms with Crippen LogP contribution in [0, 0.1) is 0 Å². The van der Waals surface area contributed by atoms with E-state index in [0.717, 1.165) is 12.8 Å². The first-order valence-electron chi connectivity index (χ1n) is 10.5. The Morgan fingerprint density at radius 2 is 1.58 bits per heavy atom. The van der Waals surface area contributed by atoms with Gasteiger partial charge in [0.1, 0.15) is 24.4 Å². The van der Waals surface area contributed by atoms with E-state index in [1.807, 2.05) is 0 Å². The topological polar surface area (TPSA) is 79.2 Å². The van der Waals surface area contributed by atoms with E-state index in [0.29, 0.717) is 6.61 Å². The molecule has 1 aliphatic rings. The number of hydrogen-bond donors (Lipinski definition) is 3. The van der Waals surface area contributed by atoms with Gasteiger partial charge in [0.2, 0.25) is 0 Å². The van der Waals surface area contributed by atoms with Gasteiger partial charge < -0.3 is 24.8 Å². The van der Waals surface area contributed by atoms with Gasteiger partial charge in [0.05, 0.1) is 13.2 Å². The summed E-state index contributed by atoms with van der Waals surface area (Å²) in [5.74, 6) is 0. The van der Waals surface area contributed by atoms with Crippen molar-refractivity contribution in [3.63, 3.8) is 0 Å². The fourth-order valence-corrected chi connectivity index (χ4v) is 3.38. The first-order valence-corrected chi connectivity index (χ1v) is 10.5. The summed E-state index contributed by atoms with van der Waals surface area (Å²) in [5, 5.41) is 28.5. The standard InChI is InChI=1S/C21H40O5/c1-2-3-4-5-6-7-8-9-10-11-12-13-14-15-25-19-17-26-21(20(19)24)18(23)16-22/h2-3,18-24H,4-17H2,1H3/b3-2+/t18-,19+,20-,21-/m0/s1. The summed E-state index contributed by atoms with van der Waals surface area (Å²) in [6, 6.07) is 0. The molecule has 0 unspecified atom stereocenters. The highest BCUT2D eigenvalue weighted by Gasteiger charge is 2.40. The van der Waals surface area contributed by atoms with Crippen LogP contribution in [-0.4, -0.2) is 59.6 Å². The smallest absolute Gasteiger partial charge is 0.114 e. The molecule has 0 radical (unpaired) electrons. The summed E-state index contributed by atoms with van der Waals surface area (Å²) in [5.41, 5.74) is 0. The zero-order valence-corrected chi connectivity index (χ0v) is 16.5. The van der Waals surface area contributed by atoms with Gasteiger partial charge >= 0.3 is 0 Å². The number of ether oxygens (including phenoxy) is 2. The minimum Gasteiger partial charge on any atom is -0.394 e. The molecular formula is C21H40O5. The van der Waals surface area contributed by atoms with Crippen LogP contribution in [-0.2, 0) is 9.47 Å². The molecule has 0 aliphatic carbocycles. The van der Waals surface area contributed by atoms with Crippen molar-refractivity contribution in [2.45, 2.75) is 102 Å². The molecule has 0 saturated carbocycles. The van der Waals surface area contributed by atoms with Crippen LogP contribution in [0.5, 0.6) is 0 Å². The maximum atomic E-state index is 10.0. The number of unbranched alkanes of at least 4 members (excludes halogenated alkanes) is 10. The molecule has 5 nitrogen and oxygen atoms in total. The van der Waals surface area contributed by atoms with Crippen molar-refractivity contribution in [2.24, 2.45) is 0 Å². The fourth-order valence-electron chi connectivity index (χ4n) is 3.38. The van der Waals surface area contributed by atoms with E-state index in [2.05, 4.69) is 19.1 Å². The van der Waals surface area contributed by atoms with Crippen LogP contribution in [0.4, 0.5) is 0 Å². The first kappa shape index (κ1) is 23.6. The van der Waals surface area contributed by atoms with Gasteiger partial charge in [0, 0.05) is 6.61 Å². The number of allylic oxidation sites excluding steroid dienone is 2. The lowest BCUT2D eigenvalue weighted by Gasteiger charge is -2.20. The lowest BCUT2D eigenvalue weighted by Crippen LogP contribution is -2.41. The van der Waals surface area contributed by atoms with E-state index in [9.17, 15) is 10.2 Å². The predicted molar refractivity (Wildman–Crippen MR) is 104 cm³/mol. The lowest BCUT2D eigenvalue weighted by molar-refractivity contribution is -0.0730. The van der Waals surface area contributed by atoms with Crippen LogP contribution in [0.25, 0.3) is 0 Å². The van der Waals surface area contributed by atoms with Gasteiger partial charge in [-0.3, -0.25) is 0 Å². The fraction of sp³-hybridized carbons (Fsp3) is 0.905. The monoisotopic (exact) mass is 372 g/mol. The third-order valence-electron chi connectivity index (χ3n) is 5.07. The van der Waals surface area contributed by atoms with Crippen molar-refractivity contribution in [3.8, 4) is 0 Å². The Hall–Kier alpha value is -0.460. The molecule has 4 atom stereocenters. The maximum absolute atomic E-state index is 10.0. The summed E-state index contributed by atoms with van der Waals surface area (Å²) >= 11 is 0. The molecule has 5 heteroatoms. The number of aliphatic hydroxyl groups is 3. The van der Waals surface area contributed by atoms with E-state index in [1.54, 1.807) is 0 Å². The highest BCUT2D eigenvalue weighted by Crippen LogP contribution is 2.20. The Kier molecular flexibility index (Phi) is 14.1. The van der Waals surface area contributed by atoms with Crippen LogP contribution in [0.15, 0.2) is 12.2 Å². The largest absolute Gasteiger partial charge is 0.394 e. The minimum absolute atomic E-state index is 0.275. The maximum Gasteiger partial charge on any atom is 0.114 e. The van der Waals surface area contributed by atoms with Crippen LogP contribution < -0.4 is 0 Å². The molecule has 0 aromatic heterocycles. The van der Waals surface area contributed by atoms with Gasteiger partial charge in [-0.15, -0.1) is 0 Å². The van der Waals surface area contributed by atoms with E-state index in [1.165, 1.54) is 57.8 Å². The van der Waals surface area contributed by atoms with Crippen LogP contribution in [0.2, 0.25) is 0 Å². The molecule has 1 fully saturated rings. The number of aliphatic hydroxyl groups excluding tert-OH is 3. The Balaban J connectivity index is 1.85. The summed E-state index contributed by atoms with van der Waals surface area (Å²) in [7, 11) is 0. The van der Waals surface area contributed by atoms with Gasteiger partial charge in [0.15, 0.2) is 0 Å². The summed E-state index contributed by atoms with van der Waals surface area (Å²) in [6.07, 6.45) is 15.3. The number of hydrogen-bond acceptors (Lipinski definition) is 5. The second-order valence-corrected chi connectivity index (χ2v) is 7.34. The van der Waals surface area contributed by atoms with E-state index in [4.69, 9.17) is 14.6 Å². The van der Waals surface area contributed by atoms with Crippen molar-refractivity contribution >= 4 is 0 Å². The quantitative estimate of drug-likeness (QED) is 0.286.